The van der Waals surface area contributed by atoms with Crippen LogP contribution in [0.4, 0.5) is 6.01 Å². The van der Waals surface area contributed by atoms with E-state index in [9.17, 15) is 0 Å². The van der Waals surface area contributed by atoms with Crippen molar-refractivity contribution in [3.8, 4) is 0 Å². The molecule has 2 aromatic heterocycles. The molecule has 1 aromatic carbocycles. The van der Waals surface area contributed by atoms with E-state index in [-0.39, 0.29) is 0 Å². The minimum absolute atomic E-state index is 0.419. The van der Waals surface area contributed by atoms with Gasteiger partial charge in [0.2, 0.25) is 5.89 Å². The summed E-state index contributed by atoms with van der Waals surface area (Å²) in [7, 11) is 0. The van der Waals surface area contributed by atoms with E-state index in [0.29, 0.717) is 18.5 Å². The van der Waals surface area contributed by atoms with Crippen molar-refractivity contribution in [3.05, 3.63) is 29.7 Å². The molecule has 0 saturated carbocycles. The molecule has 0 bridgehead atoms. The fourth-order valence-electron chi connectivity index (χ4n) is 1.54. The number of hydrogen-bond acceptors (Lipinski definition) is 7. The van der Waals surface area contributed by atoms with Crippen LogP contribution in [0.15, 0.2) is 22.6 Å². The van der Waals surface area contributed by atoms with Crippen molar-refractivity contribution in [3.63, 3.8) is 0 Å². The number of hydrogen-bond donors (Lipinski definition) is 1. The normalized spacial score (nSPS) is 10.9. The molecule has 0 unspecified atom stereocenters. The van der Waals surface area contributed by atoms with Crippen LogP contribution in [0.5, 0.6) is 0 Å². The van der Waals surface area contributed by atoms with Crippen molar-refractivity contribution >= 4 is 28.8 Å². The van der Waals surface area contributed by atoms with Gasteiger partial charge in [-0.15, -0.1) is 5.10 Å². The Morgan fingerprint density at radius 2 is 2.24 bits per heavy atom. The smallest absolute Gasteiger partial charge is 0.315 e. The number of aryl methyl sites for hydroxylation is 1. The van der Waals surface area contributed by atoms with Gasteiger partial charge < -0.3 is 9.73 Å². The third kappa shape index (κ3) is 1.96. The summed E-state index contributed by atoms with van der Waals surface area (Å²) in [6.45, 7) is 2.34. The summed E-state index contributed by atoms with van der Waals surface area (Å²) in [6.07, 6.45) is 0. The SMILES string of the molecule is Cc1nnc(NCc2cccc3nsnc23)o1. The first-order chi connectivity index (χ1) is 8.33. The summed E-state index contributed by atoms with van der Waals surface area (Å²) < 4.78 is 13.7. The molecule has 1 N–H and O–H groups in total. The Balaban J connectivity index is 1.83. The largest absolute Gasteiger partial charge is 0.408 e. The third-order valence-electron chi connectivity index (χ3n) is 2.33. The lowest BCUT2D eigenvalue weighted by Gasteiger charge is -2.01. The molecule has 0 amide bonds. The first-order valence-corrected chi connectivity index (χ1v) is 5.80. The van der Waals surface area contributed by atoms with Crippen LogP contribution in [-0.2, 0) is 6.54 Å². The highest BCUT2D eigenvalue weighted by Gasteiger charge is 2.06. The van der Waals surface area contributed by atoms with Crippen molar-refractivity contribution in [1.82, 2.24) is 18.9 Å². The number of rotatable bonds is 3. The Morgan fingerprint density at radius 3 is 3.06 bits per heavy atom. The molecule has 0 aliphatic carbocycles. The minimum atomic E-state index is 0.419. The lowest BCUT2D eigenvalue weighted by atomic mass is 10.2. The van der Waals surface area contributed by atoms with Crippen LogP contribution in [0.3, 0.4) is 0 Å². The molecule has 3 aromatic rings. The Kier molecular flexibility index (Phi) is 2.45. The van der Waals surface area contributed by atoms with Gasteiger partial charge in [-0.3, -0.25) is 0 Å². The molecule has 0 spiro atoms. The van der Waals surface area contributed by atoms with Crippen molar-refractivity contribution in [2.75, 3.05) is 5.32 Å². The van der Waals surface area contributed by atoms with Crippen LogP contribution in [0.1, 0.15) is 11.5 Å². The van der Waals surface area contributed by atoms with Gasteiger partial charge in [-0.05, 0) is 6.07 Å². The summed E-state index contributed by atoms with van der Waals surface area (Å²) >= 11 is 1.21. The average molecular weight is 247 g/mol. The Labute approximate surface area is 101 Å². The van der Waals surface area contributed by atoms with E-state index in [1.165, 1.54) is 11.7 Å². The molecule has 2 heterocycles. The van der Waals surface area contributed by atoms with E-state index < -0.39 is 0 Å². The van der Waals surface area contributed by atoms with E-state index in [2.05, 4.69) is 24.3 Å². The third-order valence-corrected chi connectivity index (χ3v) is 2.87. The second-order valence-corrected chi connectivity index (χ2v) is 4.06. The molecule has 0 atom stereocenters. The maximum Gasteiger partial charge on any atom is 0.315 e. The predicted octanol–water partition coefficient (Wildman–Crippen LogP) is 1.99. The standard InChI is InChI=1S/C10H9N5OS/c1-6-12-13-10(16-6)11-5-7-3-2-4-8-9(7)15-17-14-8/h2-4H,5H2,1H3,(H,11,13). The number of benzene rings is 1. The van der Waals surface area contributed by atoms with Crippen molar-refractivity contribution in [1.29, 1.82) is 0 Å². The van der Waals surface area contributed by atoms with Gasteiger partial charge in [-0.1, -0.05) is 17.2 Å². The van der Waals surface area contributed by atoms with Gasteiger partial charge in [0, 0.05) is 19.0 Å². The van der Waals surface area contributed by atoms with Crippen LogP contribution < -0.4 is 5.32 Å². The van der Waals surface area contributed by atoms with E-state index in [1.807, 2.05) is 18.2 Å². The first kappa shape index (κ1) is 10.2. The lowest BCUT2D eigenvalue weighted by molar-refractivity contribution is 0.531. The molecule has 17 heavy (non-hydrogen) atoms. The fourth-order valence-corrected chi connectivity index (χ4v) is 2.11. The summed E-state index contributed by atoms with van der Waals surface area (Å²) in [6, 6.07) is 6.32. The Hall–Kier alpha value is -2.02. The number of aromatic nitrogens is 4. The number of fused-ring (bicyclic) bond motifs is 1. The minimum Gasteiger partial charge on any atom is -0.408 e. The van der Waals surface area contributed by atoms with Crippen molar-refractivity contribution in [2.45, 2.75) is 13.5 Å². The zero-order valence-corrected chi connectivity index (χ0v) is 9.86. The highest BCUT2D eigenvalue weighted by molar-refractivity contribution is 7.00. The van der Waals surface area contributed by atoms with Gasteiger partial charge in [0.1, 0.15) is 11.0 Å². The molecule has 0 aliphatic heterocycles. The fraction of sp³-hybridized carbons (Fsp3) is 0.200. The molecule has 86 valence electrons. The molecule has 0 radical (unpaired) electrons. The maximum atomic E-state index is 5.23. The van der Waals surface area contributed by atoms with Gasteiger partial charge in [-0.2, -0.15) is 8.75 Å². The topological polar surface area (TPSA) is 76.7 Å². The second kappa shape index (κ2) is 4.10. The molecular weight excluding hydrogens is 238 g/mol. The van der Waals surface area contributed by atoms with E-state index >= 15 is 0 Å². The molecule has 3 rings (SSSR count). The van der Waals surface area contributed by atoms with Crippen molar-refractivity contribution in [2.24, 2.45) is 0 Å². The molecule has 6 nitrogen and oxygen atoms in total. The summed E-state index contributed by atoms with van der Waals surface area (Å²) in [5.74, 6) is 0.543. The van der Waals surface area contributed by atoms with Crippen LogP contribution in [-0.4, -0.2) is 18.9 Å². The van der Waals surface area contributed by atoms with Gasteiger partial charge in [0.15, 0.2) is 0 Å². The Morgan fingerprint density at radius 1 is 1.29 bits per heavy atom. The summed E-state index contributed by atoms with van der Waals surface area (Å²) in [5, 5.41) is 10.7. The van der Waals surface area contributed by atoms with Crippen molar-refractivity contribution < 1.29 is 4.42 Å². The maximum absolute atomic E-state index is 5.23. The van der Waals surface area contributed by atoms with Gasteiger partial charge in [0.05, 0.1) is 11.7 Å². The van der Waals surface area contributed by atoms with E-state index in [1.54, 1.807) is 6.92 Å². The summed E-state index contributed by atoms with van der Waals surface area (Å²) in [5.41, 5.74) is 2.89. The highest BCUT2D eigenvalue weighted by Crippen LogP contribution is 2.17. The van der Waals surface area contributed by atoms with Gasteiger partial charge in [-0.25, -0.2) is 0 Å². The highest BCUT2D eigenvalue weighted by atomic mass is 32.1. The molecular formula is C10H9N5OS. The molecule has 7 heteroatoms. The van der Waals surface area contributed by atoms with Crippen LogP contribution >= 0.6 is 11.7 Å². The zero-order valence-electron chi connectivity index (χ0n) is 9.04. The molecule has 0 saturated heterocycles. The number of nitrogens with zero attached hydrogens (tertiary/aromatic N) is 4. The van der Waals surface area contributed by atoms with Gasteiger partial charge >= 0.3 is 6.01 Å². The Bertz CT molecular complexity index is 647. The van der Waals surface area contributed by atoms with Crippen LogP contribution in [0, 0.1) is 6.92 Å². The van der Waals surface area contributed by atoms with Gasteiger partial charge in [0.25, 0.3) is 0 Å². The van der Waals surface area contributed by atoms with E-state index in [4.69, 9.17) is 4.42 Å². The quantitative estimate of drug-likeness (QED) is 0.762. The van der Waals surface area contributed by atoms with Crippen LogP contribution in [0.25, 0.3) is 11.0 Å². The first-order valence-electron chi connectivity index (χ1n) is 5.07. The summed E-state index contributed by atoms with van der Waals surface area (Å²) in [4.78, 5) is 0. The number of nitrogens with one attached hydrogen (secondary N) is 1. The number of anilines is 1. The lowest BCUT2D eigenvalue weighted by Crippen LogP contribution is -2.00. The van der Waals surface area contributed by atoms with E-state index in [0.717, 1.165) is 16.6 Å². The van der Waals surface area contributed by atoms with Crippen LogP contribution in [0.2, 0.25) is 0 Å². The second-order valence-electron chi connectivity index (χ2n) is 3.53. The molecule has 0 aliphatic rings. The predicted molar refractivity (Wildman–Crippen MR) is 63.8 cm³/mol. The monoisotopic (exact) mass is 247 g/mol. The molecule has 0 fully saturated rings. The average Bonchev–Trinajstić information content (AvgIpc) is 2.94. The zero-order chi connectivity index (χ0) is 11.7.